The van der Waals surface area contributed by atoms with E-state index in [1.54, 1.807) is 48.5 Å². The number of hydrogen-bond acceptors (Lipinski definition) is 5. The molecule has 8 heteroatoms. The van der Waals surface area contributed by atoms with Crippen molar-refractivity contribution >= 4 is 34.4 Å². The third kappa shape index (κ3) is 3.74. The molecule has 138 valence electrons. The molecule has 0 bridgehead atoms. The van der Waals surface area contributed by atoms with Crippen LogP contribution in [0.15, 0.2) is 52.9 Å². The number of rotatable bonds is 5. The Morgan fingerprint density at radius 1 is 1.04 bits per heavy atom. The highest BCUT2D eigenvalue weighted by atomic mass is 16.5. The van der Waals surface area contributed by atoms with Crippen LogP contribution in [0.4, 0.5) is 5.69 Å². The van der Waals surface area contributed by atoms with Crippen molar-refractivity contribution in [1.82, 2.24) is 5.32 Å². The van der Waals surface area contributed by atoms with Gasteiger partial charge in [0.15, 0.2) is 0 Å². The largest absolute Gasteiger partial charge is 0.496 e. The van der Waals surface area contributed by atoms with Crippen molar-refractivity contribution in [1.29, 1.82) is 0 Å². The van der Waals surface area contributed by atoms with Crippen molar-refractivity contribution in [3.63, 3.8) is 0 Å². The molecule has 4 N–H and O–H groups in total. The quantitative estimate of drug-likeness (QED) is 0.593. The summed E-state index contributed by atoms with van der Waals surface area (Å²) >= 11 is 0. The summed E-state index contributed by atoms with van der Waals surface area (Å²) in [4.78, 5) is 36.0. The van der Waals surface area contributed by atoms with Crippen LogP contribution in [0.3, 0.4) is 0 Å². The van der Waals surface area contributed by atoms with Gasteiger partial charge in [0.2, 0.25) is 5.76 Å². The number of ether oxygens (including phenoxy) is 1. The first kappa shape index (κ1) is 18.0. The molecule has 0 atom stereocenters. The maximum Gasteiger partial charge on any atom is 0.313 e. The van der Waals surface area contributed by atoms with Gasteiger partial charge in [0.05, 0.1) is 7.11 Å². The fourth-order valence-electron chi connectivity index (χ4n) is 2.62. The van der Waals surface area contributed by atoms with E-state index in [4.69, 9.17) is 14.9 Å². The molecular weight excluding hydrogens is 350 g/mol. The van der Waals surface area contributed by atoms with Gasteiger partial charge in [0.1, 0.15) is 17.0 Å². The molecule has 0 saturated carbocycles. The standard InChI is InChI=1S/C19H17N3O5/c1-26-13-8-4-2-6-11(13)10-21-18(24)19(25)22-15-12-7-3-5-9-14(12)27-16(15)17(20)23/h2-9H,10H2,1H3,(H2,20,23)(H,21,24)(H,22,25). The van der Waals surface area contributed by atoms with E-state index in [1.807, 2.05) is 0 Å². The minimum atomic E-state index is -0.945. The number of furan rings is 1. The average Bonchev–Trinajstić information content (AvgIpc) is 3.05. The van der Waals surface area contributed by atoms with Gasteiger partial charge in [-0.25, -0.2) is 0 Å². The summed E-state index contributed by atoms with van der Waals surface area (Å²) in [7, 11) is 1.52. The lowest BCUT2D eigenvalue weighted by molar-refractivity contribution is -0.136. The number of carbonyl (C=O) groups excluding carboxylic acids is 3. The molecule has 8 nitrogen and oxygen atoms in total. The fraction of sp³-hybridized carbons (Fsp3) is 0.105. The Morgan fingerprint density at radius 3 is 2.48 bits per heavy atom. The summed E-state index contributed by atoms with van der Waals surface area (Å²) in [5, 5.41) is 5.38. The number of nitrogens with one attached hydrogen (secondary N) is 2. The molecule has 27 heavy (non-hydrogen) atoms. The van der Waals surface area contributed by atoms with Gasteiger partial charge in [0, 0.05) is 17.5 Å². The van der Waals surface area contributed by atoms with Gasteiger partial charge in [-0.05, 0) is 18.2 Å². The van der Waals surface area contributed by atoms with Crippen LogP contribution in [-0.2, 0) is 16.1 Å². The zero-order valence-electron chi connectivity index (χ0n) is 14.4. The van der Waals surface area contributed by atoms with Crippen molar-refractivity contribution in [2.45, 2.75) is 6.54 Å². The molecule has 0 unspecified atom stereocenters. The molecule has 3 aromatic rings. The van der Waals surface area contributed by atoms with E-state index < -0.39 is 17.7 Å². The van der Waals surface area contributed by atoms with Gasteiger partial charge in [-0.2, -0.15) is 0 Å². The Balaban J connectivity index is 1.75. The molecule has 0 spiro atoms. The van der Waals surface area contributed by atoms with Crippen molar-refractivity contribution < 1.29 is 23.5 Å². The smallest absolute Gasteiger partial charge is 0.313 e. The summed E-state index contributed by atoms with van der Waals surface area (Å²) in [5.41, 5.74) is 6.45. The second-order valence-corrected chi connectivity index (χ2v) is 5.62. The number of primary amides is 1. The lowest BCUT2D eigenvalue weighted by Gasteiger charge is -2.09. The van der Waals surface area contributed by atoms with E-state index in [1.165, 1.54) is 7.11 Å². The van der Waals surface area contributed by atoms with Crippen LogP contribution in [0.5, 0.6) is 5.75 Å². The van der Waals surface area contributed by atoms with Crippen molar-refractivity contribution in [3.05, 3.63) is 59.9 Å². The number of anilines is 1. The first-order valence-electron chi connectivity index (χ1n) is 8.03. The average molecular weight is 367 g/mol. The Labute approximate surface area is 154 Å². The molecule has 0 aliphatic heterocycles. The third-order valence-electron chi connectivity index (χ3n) is 3.90. The van der Waals surface area contributed by atoms with Gasteiger partial charge in [-0.3, -0.25) is 14.4 Å². The van der Waals surface area contributed by atoms with E-state index in [0.717, 1.165) is 0 Å². The Bertz CT molecular complexity index is 1030. The summed E-state index contributed by atoms with van der Waals surface area (Å²) < 4.78 is 10.6. The van der Waals surface area contributed by atoms with Gasteiger partial charge < -0.3 is 25.5 Å². The van der Waals surface area contributed by atoms with E-state index in [-0.39, 0.29) is 18.0 Å². The Morgan fingerprint density at radius 2 is 1.74 bits per heavy atom. The van der Waals surface area contributed by atoms with Gasteiger partial charge >= 0.3 is 11.8 Å². The molecular formula is C19H17N3O5. The van der Waals surface area contributed by atoms with E-state index >= 15 is 0 Å². The zero-order chi connectivity index (χ0) is 19.4. The predicted octanol–water partition coefficient (Wildman–Crippen LogP) is 1.80. The maximum absolute atomic E-state index is 12.3. The molecule has 1 heterocycles. The number of para-hydroxylation sites is 2. The van der Waals surface area contributed by atoms with Crippen LogP contribution < -0.4 is 21.1 Å². The van der Waals surface area contributed by atoms with E-state index in [2.05, 4.69) is 10.6 Å². The van der Waals surface area contributed by atoms with Crippen LogP contribution in [0.25, 0.3) is 11.0 Å². The molecule has 3 amide bonds. The normalized spacial score (nSPS) is 10.4. The second kappa shape index (κ2) is 7.61. The van der Waals surface area contributed by atoms with Crippen molar-refractivity contribution in [2.75, 3.05) is 12.4 Å². The van der Waals surface area contributed by atoms with Crippen LogP contribution in [0, 0.1) is 0 Å². The molecule has 3 rings (SSSR count). The first-order valence-corrected chi connectivity index (χ1v) is 8.03. The van der Waals surface area contributed by atoms with Gasteiger partial charge in [0.25, 0.3) is 5.91 Å². The summed E-state index contributed by atoms with van der Waals surface area (Å²) in [6, 6.07) is 13.8. The Hall–Kier alpha value is -3.81. The highest BCUT2D eigenvalue weighted by Crippen LogP contribution is 2.30. The van der Waals surface area contributed by atoms with Crippen LogP contribution in [-0.4, -0.2) is 24.8 Å². The number of amides is 3. The van der Waals surface area contributed by atoms with Crippen LogP contribution in [0.1, 0.15) is 16.1 Å². The number of nitrogens with two attached hydrogens (primary N) is 1. The molecule has 0 aliphatic carbocycles. The van der Waals surface area contributed by atoms with Crippen LogP contribution in [0.2, 0.25) is 0 Å². The summed E-state index contributed by atoms with van der Waals surface area (Å²) in [6.07, 6.45) is 0. The van der Waals surface area contributed by atoms with Gasteiger partial charge in [-0.1, -0.05) is 30.3 Å². The van der Waals surface area contributed by atoms with Gasteiger partial charge in [-0.15, -0.1) is 0 Å². The molecule has 0 aliphatic rings. The highest BCUT2D eigenvalue weighted by molar-refractivity contribution is 6.40. The first-order chi connectivity index (χ1) is 13.0. The number of hydrogen-bond donors (Lipinski definition) is 3. The number of benzene rings is 2. The molecule has 0 radical (unpaired) electrons. The minimum Gasteiger partial charge on any atom is -0.496 e. The van der Waals surface area contributed by atoms with Crippen LogP contribution >= 0.6 is 0 Å². The predicted molar refractivity (Wildman–Crippen MR) is 98.2 cm³/mol. The topological polar surface area (TPSA) is 124 Å². The van der Waals surface area contributed by atoms with E-state index in [0.29, 0.717) is 22.3 Å². The lowest BCUT2D eigenvalue weighted by Crippen LogP contribution is -2.35. The molecule has 2 aromatic carbocycles. The molecule has 0 fully saturated rings. The fourth-order valence-corrected chi connectivity index (χ4v) is 2.62. The number of carbonyl (C=O) groups is 3. The summed E-state index contributed by atoms with van der Waals surface area (Å²) in [6.45, 7) is 0.102. The number of methoxy groups -OCH3 is 1. The summed E-state index contributed by atoms with van der Waals surface area (Å²) in [5.74, 6) is -2.30. The zero-order valence-corrected chi connectivity index (χ0v) is 14.4. The lowest BCUT2D eigenvalue weighted by atomic mass is 10.2. The Kier molecular flexibility index (Phi) is 5.07. The molecule has 0 saturated heterocycles. The van der Waals surface area contributed by atoms with Crippen molar-refractivity contribution in [3.8, 4) is 5.75 Å². The number of fused-ring (bicyclic) bond motifs is 1. The van der Waals surface area contributed by atoms with E-state index in [9.17, 15) is 14.4 Å². The SMILES string of the molecule is COc1ccccc1CNC(=O)C(=O)Nc1c(C(N)=O)oc2ccccc12. The highest BCUT2D eigenvalue weighted by Gasteiger charge is 2.23. The second-order valence-electron chi connectivity index (χ2n) is 5.62. The minimum absolute atomic E-state index is 0.0653. The third-order valence-corrected chi connectivity index (χ3v) is 3.90. The monoisotopic (exact) mass is 367 g/mol. The maximum atomic E-state index is 12.3. The van der Waals surface area contributed by atoms with Crippen molar-refractivity contribution in [2.24, 2.45) is 5.73 Å². The molecule has 1 aromatic heterocycles.